The zero-order valence-corrected chi connectivity index (χ0v) is 16.0. The minimum atomic E-state index is -0.519. The van der Waals surface area contributed by atoms with Gasteiger partial charge in [0.25, 0.3) is 0 Å². The standard InChI is InChI=1S/C19H26N2O3S/c1-5-15(22)11-21-13(4)16(18(23)24-6-2)17(20-19(21)25)14-9-7-12(3)8-10-14/h7-10,15,17,22H,5-6,11H2,1-4H3,(H,20,25). The van der Waals surface area contributed by atoms with Gasteiger partial charge in [0.2, 0.25) is 0 Å². The number of benzene rings is 1. The molecule has 0 bridgehead atoms. The molecule has 0 saturated heterocycles. The molecule has 0 radical (unpaired) electrons. The highest BCUT2D eigenvalue weighted by Crippen LogP contribution is 2.31. The molecule has 2 atom stereocenters. The maximum Gasteiger partial charge on any atom is 0.338 e. The van der Waals surface area contributed by atoms with Gasteiger partial charge >= 0.3 is 5.97 Å². The Labute approximate surface area is 154 Å². The third-order valence-electron chi connectivity index (χ3n) is 4.37. The van der Waals surface area contributed by atoms with Crippen LogP contribution in [0.2, 0.25) is 0 Å². The van der Waals surface area contributed by atoms with Gasteiger partial charge in [-0.25, -0.2) is 4.79 Å². The molecule has 1 aromatic rings. The van der Waals surface area contributed by atoms with Crippen LogP contribution in [-0.2, 0) is 9.53 Å². The summed E-state index contributed by atoms with van der Waals surface area (Å²) in [5.74, 6) is -0.364. The van der Waals surface area contributed by atoms with E-state index in [0.717, 1.165) is 16.8 Å². The molecule has 1 aliphatic heterocycles. The first kappa shape index (κ1) is 19.4. The molecule has 25 heavy (non-hydrogen) atoms. The van der Waals surface area contributed by atoms with Gasteiger partial charge in [-0.1, -0.05) is 36.8 Å². The summed E-state index contributed by atoms with van der Waals surface area (Å²) in [5, 5.41) is 13.8. The van der Waals surface area contributed by atoms with E-state index in [1.165, 1.54) is 0 Å². The Morgan fingerprint density at radius 1 is 1.32 bits per heavy atom. The number of aliphatic hydroxyl groups is 1. The molecule has 2 N–H and O–H groups in total. The Kier molecular flexibility index (Phi) is 6.56. The van der Waals surface area contributed by atoms with Crippen molar-refractivity contribution in [1.29, 1.82) is 0 Å². The van der Waals surface area contributed by atoms with E-state index in [9.17, 15) is 9.90 Å². The minimum Gasteiger partial charge on any atom is -0.463 e. The molecule has 136 valence electrons. The van der Waals surface area contributed by atoms with Gasteiger partial charge in [-0.05, 0) is 45.0 Å². The van der Waals surface area contributed by atoms with Crippen molar-refractivity contribution >= 4 is 23.3 Å². The second-order valence-corrected chi connectivity index (χ2v) is 6.57. The van der Waals surface area contributed by atoms with E-state index in [2.05, 4.69) is 5.32 Å². The maximum atomic E-state index is 12.6. The topological polar surface area (TPSA) is 61.8 Å². The monoisotopic (exact) mass is 362 g/mol. The van der Waals surface area contributed by atoms with Gasteiger partial charge in [0.15, 0.2) is 5.11 Å². The number of esters is 1. The van der Waals surface area contributed by atoms with Crippen molar-refractivity contribution in [3.05, 3.63) is 46.7 Å². The predicted octanol–water partition coefficient (Wildman–Crippen LogP) is 2.83. The summed E-state index contributed by atoms with van der Waals surface area (Å²) in [6, 6.07) is 7.62. The molecule has 1 heterocycles. The third-order valence-corrected chi connectivity index (χ3v) is 4.71. The van der Waals surface area contributed by atoms with E-state index in [1.807, 2.05) is 45.0 Å². The van der Waals surface area contributed by atoms with E-state index in [1.54, 1.807) is 11.8 Å². The summed E-state index contributed by atoms with van der Waals surface area (Å²) in [5.41, 5.74) is 3.35. The Morgan fingerprint density at radius 2 is 1.96 bits per heavy atom. The number of ether oxygens (including phenoxy) is 1. The Balaban J connectivity index is 2.47. The maximum absolute atomic E-state index is 12.6. The van der Waals surface area contributed by atoms with Crippen LogP contribution in [0.25, 0.3) is 0 Å². The van der Waals surface area contributed by atoms with Crippen molar-refractivity contribution in [1.82, 2.24) is 10.2 Å². The zero-order chi connectivity index (χ0) is 18.6. The number of β-amino-alcohol motifs (C(OH)–C–C–N with tert-alkyl or cyclic N) is 1. The van der Waals surface area contributed by atoms with Crippen molar-refractivity contribution in [3.63, 3.8) is 0 Å². The second-order valence-electron chi connectivity index (χ2n) is 6.19. The Morgan fingerprint density at radius 3 is 2.52 bits per heavy atom. The van der Waals surface area contributed by atoms with Gasteiger partial charge < -0.3 is 20.1 Å². The quantitative estimate of drug-likeness (QED) is 0.599. The highest BCUT2D eigenvalue weighted by molar-refractivity contribution is 7.80. The van der Waals surface area contributed by atoms with Crippen LogP contribution in [0.3, 0.4) is 0 Å². The normalized spacial score (nSPS) is 18.8. The molecular weight excluding hydrogens is 336 g/mol. The number of allylic oxidation sites excluding steroid dienone is 1. The van der Waals surface area contributed by atoms with Gasteiger partial charge in [-0.2, -0.15) is 0 Å². The number of rotatable bonds is 6. The van der Waals surface area contributed by atoms with E-state index >= 15 is 0 Å². The third kappa shape index (κ3) is 4.38. The molecule has 0 saturated carbocycles. The molecular formula is C19H26N2O3S. The van der Waals surface area contributed by atoms with Crippen molar-refractivity contribution in [2.24, 2.45) is 0 Å². The van der Waals surface area contributed by atoms with Crippen LogP contribution in [-0.4, -0.2) is 40.3 Å². The lowest BCUT2D eigenvalue weighted by Gasteiger charge is -2.38. The average Bonchev–Trinajstić information content (AvgIpc) is 2.58. The molecule has 5 nitrogen and oxygen atoms in total. The van der Waals surface area contributed by atoms with E-state index in [4.69, 9.17) is 17.0 Å². The lowest BCUT2D eigenvalue weighted by Crippen LogP contribution is -2.50. The van der Waals surface area contributed by atoms with Crippen molar-refractivity contribution in [2.75, 3.05) is 13.2 Å². The van der Waals surface area contributed by atoms with Crippen molar-refractivity contribution in [2.45, 2.75) is 46.3 Å². The first-order chi connectivity index (χ1) is 11.9. The molecule has 1 aliphatic rings. The van der Waals surface area contributed by atoms with Gasteiger partial charge in [0.1, 0.15) is 0 Å². The number of thiocarbonyl (C=S) groups is 1. The number of aryl methyl sites for hydroxylation is 1. The fourth-order valence-electron chi connectivity index (χ4n) is 2.82. The molecule has 1 aromatic carbocycles. The van der Waals surface area contributed by atoms with Crippen LogP contribution >= 0.6 is 12.2 Å². The van der Waals surface area contributed by atoms with Gasteiger partial charge in [-0.3, -0.25) is 0 Å². The smallest absolute Gasteiger partial charge is 0.338 e. The number of carbonyl (C=O) groups excluding carboxylic acids is 1. The summed E-state index contributed by atoms with van der Waals surface area (Å²) in [4.78, 5) is 14.4. The summed E-state index contributed by atoms with van der Waals surface area (Å²) in [6.45, 7) is 8.21. The molecule has 0 fully saturated rings. The van der Waals surface area contributed by atoms with Crippen LogP contribution in [0.1, 0.15) is 44.4 Å². The Bertz CT molecular complexity index is 670. The summed E-state index contributed by atoms with van der Waals surface area (Å²) < 4.78 is 5.27. The molecule has 0 aromatic heterocycles. The zero-order valence-electron chi connectivity index (χ0n) is 15.2. The fourth-order valence-corrected chi connectivity index (χ4v) is 3.15. The summed E-state index contributed by atoms with van der Waals surface area (Å²) in [6.07, 6.45) is 0.0942. The van der Waals surface area contributed by atoms with Crippen LogP contribution < -0.4 is 5.32 Å². The van der Waals surface area contributed by atoms with Crippen LogP contribution in [0, 0.1) is 6.92 Å². The lowest BCUT2D eigenvalue weighted by atomic mass is 9.94. The molecule has 2 rings (SSSR count). The molecule has 6 heteroatoms. The predicted molar refractivity (Wildman–Crippen MR) is 102 cm³/mol. The largest absolute Gasteiger partial charge is 0.463 e. The number of hydrogen-bond donors (Lipinski definition) is 2. The molecule has 2 unspecified atom stereocenters. The summed E-state index contributed by atoms with van der Waals surface area (Å²) >= 11 is 5.49. The van der Waals surface area contributed by atoms with Crippen LogP contribution in [0.15, 0.2) is 35.5 Å². The highest BCUT2D eigenvalue weighted by atomic mass is 32.1. The first-order valence-electron chi connectivity index (χ1n) is 8.59. The Hall–Kier alpha value is -1.92. The number of aliphatic hydroxyl groups excluding tert-OH is 1. The number of carbonyl (C=O) groups is 1. The number of hydrogen-bond acceptors (Lipinski definition) is 4. The number of nitrogens with one attached hydrogen (secondary N) is 1. The van der Waals surface area contributed by atoms with Gasteiger partial charge in [-0.15, -0.1) is 0 Å². The van der Waals surface area contributed by atoms with Gasteiger partial charge in [0, 0.05) is 5.70 Å². The van der Waals surface area contributed by atoms with E-state index < -0.39 is 6.10 Å². The first-order valence-corrected chi connectivity index (χ1v) is 9.00. The SMILES string of the molecule is CCOC(=O)C1=C(C)N(CC(O)CC)C(=S)NC1c1ccc(C)cc1. The molecule has 0 spiro atoms. The molecule has 0 aliphatic carbocycles. The van der Waals surface area contributed by atoms with Gasteiger partial charge in [0.05, 0.1) is 30.9 Å². The fraction of sp³-hybridized carbons (Fsp3) is 0.474. The number of nitrogens with zero attached hydrogens (tertiary/aromatic N) is 1. The second kappa shape index (κ2) is 8.45. The van der Waals surface area contributed by atoms with Crippen LogP contribution in [0.5, 0.6) is 0 Å². The molecule has 0 amide bonds. The van der Waals surface area contributed by atoms with Crippen LogP contribution in [0.4, 0.5) is 0 Å². The summed E-state index contributed by atoms with van der Waals surface area (Å²) in [7, 11) is 0. The van der Waals surface area contributed by atoms with Crippen molar-refractivity contribution in [3.8, 4) is 0 Å². The lowest BCUT2D eigenvalue weighted by molar-refractivity contribution is -0.139. The van der Waals surface area contributed by atoms with E-state index in [-0.39, 0.29) is 12.0 Å². The average molecular weight is 362 g/mol. The minimum absolute atomic E-state index is 0.304. The highest BCUT2D eigenvalue weighted by Gasteiger charge is 2.35. The van der Waals surface area contributed by atoms with E-state index in [0.29, 0.717) is 30.3 Å². The van der Waals surface area contributed by atoms with Crippen molar-refractivity contribution < 1.29 is 14.6 Å².